The van der Waals surface area contributed by atoms with Gasteiger partial charge in [-0.3, -0.25) is 0 Å². The first-order valence-corrected chi connectivity index (χ1v) is 10.5. The highest BCUT2D eigenvalue weighted by molar-refractivity contribution is 5.77. The van der Waals surface area contributed by atoms with Crippen LogP contribution in [0.2, 0.25) is 0 Å². The molecular formula is C24H32O5. The number of rotatable bonds is 5. The van der Waals surface area contributed by atoms with Gasteiger partial charge in [-0.2, -0.15) is 0 Å². The molecule has 2 fully saturated rings. The fourth-order valence-electron chi connectivity index (χ4n) is 6.01. The number of ether oxygens (including phenoxy) is 4. The lowest BCUT2D eigenvalue weighted by Crippen LogP contribution is -2.55. The van der Waals surface area contributed by atoms with Crippen LogP contribution < -0.4 is 0 Å². The van der Waals surface area contributed by atoms with Crippen molar-refractivity contribution in [2.75, 3.05) is 14.2 Å². The summed E-state index contributed by atoms with van der Waals surface area (Å²) in [5.41, 5.74) is 0.809. The maximum absolute atomic E-state index is 13.0. The standard InChI is InChI=1S/C24H32O5/c1-23(2)14-13-18-24(3)17(23)12-11-16(19(24)22(27-5)29-18)28-21(25)20(26-4)15-9-7-6-8-10-15/h6-12,16-20,22H,13-14H2,1-5H3/t16-,17+,18+,19+,20-,22-,24-/m1/s1. The Bertz CT molecular complexity index is 773. The second-order valence-electron chi connectivity index (χ2n) is 9.44. The first-order valence-electron chi connectivity index (χ1n) is 10.5. The third-order valence-electron chi connectivity index (χ3n) is 7.45. The molecule has 2 aliphatic carbocycles. The van der Waals surface area contributed by atoms with Crippen LogP contribution in [-0.4, -0.2) is 38.7 Å². The van der Waals surface area contributed by atoms with Crippen LogP contribution in [0.4, 0.5) is 0 Å². The molecule has 3 aliphatic rings. The first kappa shape index (κ1) is 20.6. The highest BCUT2D eigenvalue weighted by Crippen LogP contribution is 2.63. The average Bonchev–Trinajstić information content (AvgIpc) is 3.00. The first-order chi connectivity index (χ1) is 13.8. The van der Waals surface area contributed by atoms with Gasteiger partial charge in [-0.05, 0) is 35.8 Å². The largest absolute Gasteiger partial charge is 0.455 e. The van der Waals surface area contributed by atoms with Crippen molar-refractivity contribution in [1.82, 2.24) is 0 Å². The number of allylic oxidation sites excluding steroid dienone is 1. The minimum absolute atomic E-state index is 0.0516. The van der Waals surface area contributed by atoms with E-state index in [-0.39, 0.29) is 35.1 Å². The molecule has 1 saturated heterocycles. The molecule has 0 N–H and O–H groups in total. The van der Waals surface area contributed by atoms with Crippen LogP contribution in [0.1, 0.15) is 45.3 Å². The van der Waals surface area contributed by atoms with Gasteiger partial charge < -0.3 is 18.9 Å². The third kappa shape index (κ3) is 3.24. The topological polar surface area (TPSA) is 54.0 Å². The van der Waals surface area contributed by atoms with Crippen LogP contribution in [0, 0.1) is 22.7 Å². The number of esters is 1. The van der Waals surface area contributed by atoms with Crippen molar-refractivity contribution in [2.24, 2.45) is 22.7 Å². The van der Waals surface area contributed by atoms with Gasteiger partial charge in [-0.25, -0.2) is 4.79 Å². The molecule has 158 valence electrons. The van der Waals surface area contributed by atoms with Crippen molar-refractivity contribution >= 4 is 5.97 Å². The molecule has 0 spiro atoms. The SMILES string of the molecule is CO[C@@H]1O[C@H]2CCC(C)(C)[C@@H]3C=C[C@@H](OC(=O)[C@H](OC)c4ccccc4)[C@@H]1[C@@]23C. The van der Waals surface area contributed by atoms with Gasteiger partial charge in [0, 0.05) is 19.6 Å². The van der Waals surface area contributed by atoms with Crippen molar-refractivity contribution in [1.29, 1.82) is 0 Å². The van der Waals surface area contributed by atoms with E-state index in [9.17, 15) is 4.79 Å². The van der Waals surface area contributed by atoms with Gasteiger partial charge in [0.25, 0.3) is 0 Å². The number of hydrogen-bond donors (Lipinski definition) is 0. The molecule has 7 atom stereocenters. The third-order valence-corrected chi connectivity index (χ3v) is 7.45. The van der Waals surface area contributed by atoms with E-state index in [0.717, 1.165) is 18.4 Å². The van der Waals surface area contributed by atoms with Crippen molar-refractivity contribution in [3.63, 3.8) is 0 Å². The van der Waals surface area contributed by atoms with Crippen molar-refractivity contribution in [3.05, 3.63) is 48.0 Å². The molecule has 4 rings (SSSR count). The summed E-state index contributed by atoms with van der Waals surface area (Å²) in [6, 6.07) is 9.44. The smallest absolute Gasteiger partial charge is 0.340 e. The van der Waals surface area contributed by atoms with Gasteiger partial charge >= 0.3 is 5.97 Å². The van der Waals surface area contributed by atoms with E-state index < -0.39 is 12.2 Å². The minimum Gasteiger partial charge on any atom is -0.455 e. The highest BCUT2D eigenvalue weighted by atomic mass is 16.7. The van der Waals surface area contributed by atoms with Gasteiger partial charge in [0.2, 0.25) is 0 Å². The molecule has 0 unspecified atom stereocenters. The van der Waals surface area contributed by atoms with Crippen LogP contribution in [-0.2, 0) is 23.7 Å². The van der Waals surface area contributed by atoms with Crippen molar-refractivity contribution < 1.29 is 23.7 Å². The van der Waals surface area contributed by atoms with Crippen molar-refractivity contribution in [3.8, 4) is 0 Å². The van der Waals surface area contributed by atoms with Gasteiger partial charge in [-0.1, -0.05) is 57.2 Å². The highest BCUT2D eigenvalue weighted by Gasteiger charge is 2.65. The van der Waals surface area contributed by atoms with Gasteiger partial charge in [0.05, 0.1) is 12.0 Å². The summed E-state index contributed by atoms with van der Waals surface area (Å²) in [4.78, 5) is 13.0. The Balaban J connectivity index is 1.63. The number of benzene rings is 1. The van der Waals surface area contributed by atoms with Gasteiger partial charge in [0.1, 0.15) is 6.10 Å². The zero-order chi connectivity index (χ0) is 20.8. The summed E-state index contributed by atoms with van der Waals surface area (Å²) in [6.07, 6.45) is 4.94. The summed E-state index contributed by atoms with van der Waals surface area (Å²) in [5, 5.41) is 0. The Morgan fingerprint density at radius 3 is 2.52 bits per heavy atom. The van der Waals surface area contributed by atoms with Crippen LogP contribution in [0.25, 0.3) is 0 Å². The van der Waals surface area contributed by atoms with Crippen LogP contribution >= 0.6 is 0 Å². The molecule has 0 bridgehead atoms. The lowest BCUT2D eigenvalue weighted by Gasteiger charge is -2.55. The van der Waals surface area contributed by atoms with Crippen LogP contribution in [0.15, 0.2) is 42.5 Å². The van der Waals surface area contributed by atoms with E-state index in [2.05, 4.69) is 26.8 Å². The molecule has 1 saturated carbocycles. The fraction of sp³-hybridized carbons (Fsp3) is 0.625. The summed E-state index contributed by atoms with van der Waals surface area (Å²) < 4.78 is 23.6. The molecular weight excluding hydrogens is 368 g/mol. The molecule has 5 nitrogen and oxygen atoms in total. The Hall–Kier alpha value is -1.69. The maximum atomic E-state index is 13.0. The van der Waals surface area contributed by atoms with E-state index in [1.54, 1.807) is 7.11 Å². The second kappa shape index (κ2) is 7.53. The van der Waals surface area contributed by atoms with Gasteiger partial charge in [-0.15, -0.1) is 0 Å². The molecule has 5 heteroatoms. The molecule has 1 aromatic rings. The van der Waals surface area contributed by atoms with E-state index in [0.29, 0.717) is 5.92 Å². The molecule has 1 heterocycles. The fourth-order valence-corrected chi connectivity index (χ4v) is 6.01. The number of hydrogen-bond acceptors (Lipinski definition) is 5. The zero-order valence-electron chi connectivity index (χ0n) is 18.0. The van der Waals surface area contributed by atoms with Crippen molar-refractivity contribution in [2.45, 2.75) is 58.2 Å². The molecule has 1 aliphatic heterocycles. The Labute approximate surface area is 173 Å². The van der Waals surface area contributed by atoms with Gasteiger partial charge in [0.15, 0.2) is 12.4 Å². The second-order valence-corrected chi connectivity index (χ2v) is 9.44. The Morgan fingerprint density at radius 1 is 1.14 bits per heavy atom. The molecule has 0 aromatic heterocycles. The summed E-state index contributed by atoms with van der Waals surface area (Å²) in [5.74, 6) is -0.0886. The number of methoxy groups -OCH3 is 2. The van der Waals surface area contributed by atoms with Crippen LogP contribution in [0.5, 0.6) is 0 Å². The monoisotopic (exact) mass is 400 g/mol. The normalized spacial score (nSPS) is 38.3. The molecule has 1 aromatic carbocycles. The quantitative estimate of drug-likeness (QED) is 0.545. The predicted octanol–water partition coefficient (Wildman–Crippen LogP) is 4.29. The zero-order valence-corrected chi connectivity index (χ0v) is 18.0. The average molecular weight is 401 g/mol. The number of carbonyl (C=O) groups is 1. The predicted molar refractivity (Wildman–Crippen MR) is 109 cm³/mol. The Morgan fingerprint density at radius 2 is 1.86 bits per heavy atom. The van der Waals surface area contributed by atoms with E-state index in [1.807, 2.05) is 36.4 Å². The van der Waals surface area contributed by atoms with E-state index in [1.165, 1.54) is 7.11 Å². The summed E-state index contributed by atoms with van der Waals surface area (Å²) >= 11 is 0. The maximum Gasteiger partial charge on any atom is 0.340 e. The molecule has 0 radical (unpaired) electrons. The van der Waals surface area contributed by atoms with Crippen LogP contribution in [0.3, 0.4) is 0 Å². The van der Waals surface area contributed by atoms with E-state index >= 15 is 0 Å². The molecule has 29 heavy (non-hydrogen) atoms. The lowest BCUT2D eigenvalue weighted by molar-refractivity contribution is -0.174. The minimum atomic E-state index is -0.753. The Kier molecular flexibility index (Phi) is 5.34. The summed E-state index contributed by atoms with van der Waals surface area (Å²) in [7, 11) is 3.20. The number of carbonyl (C=O) groups excluding carboxylic acids is 1. The summed E-state index contributed by atoms with van der Waals surface area (Å²) in [6.45, 7) is 6.93. The van der Waals surface area contributed by atoms with E-state index in [4.69, 9.17) is 18.9 Å². The molecule has 0 amide bonds. The lowest BCUT2D eigenvalue weighted by atomic mass is 9.49.